The highest BCUT2D eigenvalue weighted by molar-refractivity contribution is 7.94. The number of hydrogen-bond acceptors (Lipinski definition) is 1. The van der Waals surface area contributed by atoms with Crippen molar-refractivity contribution in [2.24, 2.45) is 11.8 Å². The largest absolute Gasteiger partial charge is 0.335 e. The third-order valence-corrected chi connectivity index (χ3v) is 6.50. The zero-order valence-electron chi connectivity index (χ0n) is 16.5. The molecule has 0 saturated heterocycles. The molecule has 1 aromatic rings. The molecule has 0 aromatic heterocycles. The van der Waals surface area contributed by atoms with Crippen molar-refractivity contribution in [3.8, 4) is 0 Å². The van der Waals surface area contributed by atoms with Gasteiger partial charge in [-0.1, -0.05) is 64.0 Å². The van der Waals surface area contributed by atoms with Crippen LogP contribution in [0.25, 0.3) is 0 Å². The van der Waals surface area contributed by atoms with Crippen LogP contribution in [0.3, 0.4) is 0 Å². The van der Waals surface area contributed by atoms with Gasteiger partial charge >= 0.3 is 11.8 Å². The molecule has 1 saturated carbocycles. The fraction of sp³-hybridized carbons (Fsp3) is 0.727. The van der Waals surface area contributed by atoms with E-state index in [0.717, 1.165) is 37.1 Å². The van der Waals surface area contributed by atoms with Crippen molar-refractivity contribution >= 4 is 12.1 Å². The third kappa shape index (κ3) is 5.87. The highest BCUT2D eigenvalue weighted by atomic mass is 32.2. The summed E-state index contributed by atoms with van der Waals surface area (Å²) in [5.74, 6) is -9.27. The van der Waals surface area contributed by atoms with E-state index in [1.165, 1.54) is 32.1 Å². The number of benzene rings is 1. The molecule has 0 atom stereocenters. The molecule has 1 aliphatic rings. The molecule has 2 rings (SSSR count). The molecule has 0 radical (unpaired) electrons. The van der Waals surface area contributed by atoms with E-state index in [2.05, 4.69) is 6.92 Å². The van der Waals surface area contributed by atoms with Crippen molar-refractivity contribution in [1.29, 1.82) is 0 Å². The van der Waals surface area contributed by atoms with Gasteiger partial charge in [0.05, 0.1) is 12.1 Å². The summed E-state index contributed by atoms with van der Waals surface area (Å²) >= 11 is -0.0968. The predicted molar refractivity (Wildman–Crippen MR) is 106 cm³/mol. The summed E-state index contributed by atoms with van der Waals surface area (Å²) in [5.41, 5.74) is -0.746. The van der Waals surface area contributed by atoms with Crippen LogP contribution in [-0.4, -0.2) is 5.92 Å². The van der Waals surface area contributed by atoms with Crippen molar-refractivity contribution in [1.82, 2.24) is 0 Å². The monoisotopic (exact) mass is 422 g/mol. The Hall–Kier alpha value is -0.780. The predicted octanol–water partition coefficient (Wildman–Crippen LogP) is 8.95. The molecule has 0 amide bonds. The number of hydrogen-bond donors (Lipinski definition) is 0. The Balaban J connectivity index is 1.85. The van der Waals surface area contributed by atoms with Gasteiger partial charge in [0.1, 0.15) is 0 Å². The van der Waals surface area contributed by atoms with Gasteiger partial charge in [-0.3, -0.25) is 0 Å². The standard InChI is InChI=1S/C22H31F5S/c1-2-3-4-5-6-7-8-17-9-11-18(12-10-17)21(23,24)22(25,26)19-13-15-20(28-27)16-14-19/h13-18H,2-12H2,1H3/t17-,18-. The summed E-state index contributed by atoms with van der Waals surface area (Å²) in [7, 11) is 0. The van der Waals surface area contributed by atoms with Gasteiger partial charge in [-0.2, -0.15) is 21.4 Å². The van der Waals surface area contributed by atoms with Gasteiger partial charge < -0.3 is 0 Å². The van der Waals surface area contributed by atoms with E-state index in [1.807, 2.05) is 0 Å². The number of unbranched alkanes of at least 4 members (excludes halogenated alkanes) is 5. The zero-order valence-corrected chi connectivity index (χ0v) is 17.4. The summed E-state index contributed by atoms with van der Waals surface area (Å²) in [6, 6.07) is 4.03. The zero-order chi connectivity index (χ0) is 20.6. The van der Waals surface area contributed by atoms with Gasteiger partial charge in [0.2, 0.25) is 0 Å². The van der Waals surface area contributed by atoms with Crippen LogP contribution in [0.5, 0.6) is 0 Å². The van der Waals surface area contributed by atoms with Crippen LogP contribution in [0, 0.1) is 11.8 Å². The maximum atomic E-state index is 14.7. The third-order valence-electron chi connectivity index (χ3n) is 6.05. The lowest BCUT2D eigenvalue weighted by Gasteiger charge is -2.37. The minimum absolute atomic E-state index is 0.0968. The van der Waals surface area contributed by atoms with E-state index in [1.54, 1.807) is 0 Å². The quantitative estimate of drug-likeness (QED) is 0.253. The average Bonchev–Trinajstić information content (AvgIpc) is 2.71. The van der Waals surface area contributed by atoms with Crippen LogP contribution in [-0.2, 0) is 5.92 Å². The first-order valence-corrected chi connectivity index (χ1v) is 11.2. The molecule has 0 aliphatic heterocycles. The number of rotatable bonds is 11. The molecule has 0 bridgehead atoms. The van der Waals surface area contributed by atoms with Crippen LogP contribution >= 0.6 is 12.1 Å². The Morgan fingerprint density at radius 1 is 0.857 bits per heavy atom. The Morgan fingerprint density at radius 2 is 1.43 bits per heavy atom. The number of halogens is 5. The second kappa shape index (κ2) is 10.8. The van der Waals surface area contributed by atoms with E-state index in [4.69, 9.17) is 0 Å². The number of alkyl halides is 4. The normalized spacial score (nSPS) is 21.1. The molecule has 0 nitrogen and oxygen atoms in total. The SMILES string of the molecule is CCCCCCCC[C@H]1CC[C@H](C(F)(F)C(F)(F)c2ccc(SF)cc2)CC1. The molecule has 1 fully saturated rings. The first-order chi connectivity index (χ1) is 13.3. The van der Waals surface area contributed by atoms with Crippen LogP contribution in [0.2, 0.25) is 0 Å². The lowest BCUT2D eigenvalue weighted by molar-refractivity contribution is -0.249. The van der Waals surface area contributed by atoms with Gasteiger partial charge in [0.25, 0.3) is 0 Å². The smallest absolute Gasteiger partial charge is 0.199 e. The molecule has 0 unspecified atom stereocenters. The highest BCUT2D eigenvalue weighted by Crippen LogP contribution is 2.52. The van der Waals surface area contributed by atoms with Gasteiger partial charge in [0.15, 0.2) is 0 Å². The molecule has 160 valence electrons. The highest BCUT2D eigenvalue weighted by Gasteiger charge is 2.61. The molecule has 1 aromatic carbocycles. The topological polar surface area (TPSA) is 0 Å². The Kier molecular flexibility index (Phi) is 9.10. The fourth-order valence-electron chi connectivity index (χ4n) is 4.19. The summed E-state index contributed by atoms with van der Waals surface area (Å²) in [6.07, 6.45) is 9.69. The van der Waals surface area contributed by atoms with Crippen LogP contribution in [0.1, 0.15) is 83.1 Å². The maximum absolute atomic E-state index is 14.7. The Labute approximate surface area is 170 Å². The molecule has 0 spiro atoms. The minimum atomic E-state index is -4.25. The van der Waals surface area contributed by atoms with Gasteiger partial charge in [-0.05, 0) is 43.7 Å². The maximum Gasteiger partial charge on any atom is 0.335 e. The Bertz CT molecular complexity index is 565. The first kappa shape index (κ1) is 23.5. The van der Waals surface area contributed by atoms with Crippen molar-refractivity contribution in [3.05, 3.63) is 29.8 Å². The van der Waals surface area contributed by atoms with E-state index in [0.29, 0.717) is 18.8 Å². The van der Waals surface area contributed by atoms with Gasteiger partial charge in [-0.25, -0.2) is 0 Å². The Morgan fingerprint density at radius 3 is 2.00 bits per heavy atom. The molecule has 0 N–H and O–H groups in total. The van der Waals surface area contributed by atoms with Crippen LogP contribution in [0.15, 0.2) is 29.2 Å². The lowest BCUT2D eigenvalue weighted by Crippen LogP contribution is -2.45. The van der Waals surface area contributed by atoms with Gasteiger partial charge in [-0.15, -0.1) is 0 Å². The van der Waals surface area contributed by atoms with E-state index < -0.39 is 23.3 Å². The molecule has 0 heterocycles. The summed E-state index contributed by atoms with van der Waals surface area (Å²) in [6.45, 7) is 2.18. The molecule has 6 heteroatoms. The molecular weight excluding hydrogens is 391 g/mol. The van der Waals surface area contributed by atoms with Crippen molar-refractivity contribution in [2.45, 2.75) is 94.3 Å². The first-order valence-electron chi connectivity index (χ1n) is 10.5. The lowest BCUT2D eigenvalue weighted by atomic mass is 9.75. The van der Waals surface area contributed by atoms with E-state index in [-0.39, 0.29) is 29.9 Å². The fourth-order valence-corrected chi connectivity index (χ4v) is 4.43. The summed E-state index contributed by atoms with van der Waals surface area (Å²) < 4.78 is 70.9. The molecular formula is C22H31F5S. The van der Waals surface area contributed by atoms with Crippen molar-refractivity contribution < 1.29 is 21.4 Å². The molecule has 28 heavy (non-hydrogen) atoms. The van der Waals surface area contributed by atoms with E-state index >= 15 is 0 Å². The summed E-state index contributed by atoms with van der Waals surface area (Å²) in [4.78, 5) is 0.123. The molecule has 1 aliphatic carbocycles. The van der Waals surface area contributed by atoms with Crippen molar-refractivity contribution in [2.75, 3.05) is 0 Å². The summed E-state index contributed by atoms with van der Waals surface area (Å²) in [5, 5.41) is 0. The van der Waals surface area contributed by atoms with Crippen LogP contribution in [0.4, 0.5) is 21.4 Å². The average molecular weight is 423 g/mol. The second-order valence-corrected chi connectivity index (χ2v) is 8.70. The van der Waals surface area contributed by atoms with E-state index in [9.17, 15) is 21.4 Å². The van der Waals surface area contributed by atoms with Gasteiger partial charge in [0, 0.05) is 16.4 Å². The minimum Gasteiger partial charge on any atom is -0.199 e. The van der Waals surface area contributed by atoms with Crippen LogP contribution < -0.4 is 0 Å². The second-order valence-electron chi connectivity index (χ2n) is 8.07. The van der Waals surface area contributed by atoms with Crippen molar-refractivity contribution in [3.63, 3.8) is 0 Å².